The molecule has 304 valence electrons. The van der Waals surface area contributed by atoms with Gasteiger partial charge in [-0.1, -0.05) is 39.3 Å². The topological polar surface area (TPSA) is 236 Å². The van der Waals surface area contributed by atoms with Gasteiger partial charge in [-0.15, -0.1) is 0 Å². The van der Waals surface area contributed by atoms with E-state index in [1.165, 1.54) is 12.5 Å². The van der Waals surface area contributed by atoms with E-state index in [1.54, 1.807) is 0 Å². The first-order chi connectivity index (χ1) is 24.9. The summed E-state index contributed by atoms with van der Waals surface area (Å²) in [6, 6.07) is 0. The average Bonchev–Trinajstić information content (AvgIpc) is 3.40. The van der Waals surface area contributed by atoms with Crippen LogP contribution in [-0.2, 0) is 23.7 Å². The summed E-state index contributed by atoms with van der Waals surface area (Å²) in [5, 5.41) is 94.7. The Bertz CT molecular complexity index is 1310. The summed E-state index contributed by atoms with van der Waals surface area (Å²) in [5.74, 6) is -0.369. The van der Waals surface area contributed by atoms with Gasteiger partial charge >= 0.3 is 5.97 Å². The lowest BCUT2D eigenvalue weighted by Gasteiger charge is -2.58. The highest BCUT2D eigenvalue weighted by Crippen LogP contribution is 2.67. The third-order valence-corrected chi connectivity index (χ3v) is 14.8. The van der Waals surface area contributed by atoms with Crippen LogP contribution in [0, 0.1) is 46.3 Å². The lowest BCUT2D eigenvalue weighted by Crippen LogP contribution is -2.65. The van der Waals surface area contributed by atoms with Crippen molar-refractivity contribution >= 4 is 5.97 Å². The Morgan fingerprint density at radius 3 is 2.30 bits per heavy atom. The van der Waals surface area contributed by atoms with Gasteiger partial charge in [-0.25, -0.2) is 4.79 Å². The van der Waals surface area contributed by atoms with E-state index in [9.17, 15) is 50.8 Å². The molecule has 0 aromatic heterocycles. The van der Waals surface area contributed by atoms with Crippen LogP contribution in [-0.4, -0.2) is 138 Å². The number of ether oxygens (including phenoxy) is 4. The van der Waals surface area contributed by atoms with E-state index in [-0.39, 0.29) is 35.2 Å². The summed E-state index contributed by atoms with van der Waals surface area (Å²) in [4.78, 5) is 12.0. The van der Waals surface area contributed by atoms with Crippen LogP contribution in [0.1, 0.15) is 92.4 Å². The van der Waals surface area contributed by atoms with Gasteiger partial charge in [0.1, 0.15) is 36.6 Å². The van der Waals surface area contributed by atoms with Gasteiger partial charge in [0.05, 0.1) is 24.4 Å². The molecule has 5 fully saturated rings. The van der Waals surface area contributed by atoms with Crippen LogP contribution in [0.15, 0.2) is 11.6 Å². The quantitative estimate of drug-likeness (QED) is 0.134. The zero-order chi connectivity index (χ0) is 38.7. The van der Waals surface area contributed by atoms with Crippen molar-refractivity contribution in [2.75, 3.05) is 6.61 Å². The third kappa shape index (κ3) is 7.50. The molecule has 0 spiro atoms. The maximum absolute atomic E-state index is 12.0. The summed E-state index contributed by atoms with van der Waals surface area (Å²) < 4.78 is 23.5. The molecule has 21 atom stereocenters. The van der Waals surface area contributed by atoms with Gasteiger partial charge in [0.2, 0.25) is 0 Å². The summed E-state index contributed by atoms with van der Waals surface area (Å²) >= 11 is 0. The normalized spacial score (nSPS) is 50.2. The molecular weight excluding hydrogens is 692 g/mol. The second-order valence-electron chi connectivity index (χ2n) is 18.0. The zero-order valence-corrected chi connectivity index (χ0v) is 31.7. The highest BCUT2D eigenvalue weighted by Gasteiger charge is 2.62. The largest absolute Gasteiger partial charge is 0.479 e. The predicted octanol–water partition coefficient (Wildman–Crippen LogP) is 1.07. The van der Waals surface area contributed by atoms with Gasteiger partial charge in [0.15, 0.2) is 18.7 Å². The van der Waals surface area contributed by atoms with Crippen molar-refractivity contribution in [1.82, 2.24) is 0 Å². The molecule has 0 bridgehead atoms. The summed E-state index contributed by atoms with van der Waals surface area (Å²) in [5.41, 5.74) is 1.03. The molecule has 2 heterocycles. The Hall–Kier alpha value is -1.27. The van der Waals surface area contributed by atoms with E-state index >= 15 is 0 Å². The van der Waals surface area contributed by atoms with Crippen LogP contribution in [0.5, 0.6) is 0 Å². The molecule has 4 aliphatic carbocycles. The second-order valence-corrected chi connectivity index (χ2v) is 18.0. The second kappa shape index (κ2) is 15.9. The van der Waals surface area contributed by atoms with E-state index < -0.39 is 85.7 Å². The molecule has 0 amide bonds. The lowest BCUT2D eigenvalue weighted by molar-refractivity contribution is -0.366. The van der Waals surface area contributed by atoms with Crippen LogP contribution in [0.2, 0.25) is 0 Å². The van der Waals surface area contributed by atoms with Crippen LogP contribution in [0.25, 0.3) is 0 Å². The standard InChI is InChI=1S/C39H64O14/c1-17(16-40)6-9-25(41)18(2)27-26(42)15-24-22-8-7-20-14-21(10-12-38(20,4)23(22)11-13-39(24,27)5)51-37-34(31(46)30(45)33(52-37)35(48)49)53-36-32(47)29(44)28(43)19(3)50-36/h7,17-19,21-34,36-37,40-47H,6,8-16H2,1-5H3,(H,48,49)/t17-,18-,19+,21+,22-,23+,24+,25-,26+,27+,28+,29-,30+,31+,32-,33+,34-,36+,37-,38+,39+/m1/s1. The molecule has 6 aliphatic rings. The van der Waals surface area contributed by atoms with Gasteiger partial charge < -0.3 is 64.9 Å². The number of aliphatic hydroxyl groups is 8. The number of hydrogen-bond donors (Lipinski definition) is 9. The molecule has 2 aliphatic heterocycles. The van der Waals surface area contributed by atoms with Crippen LogP contribution in [0.3, 0.4) is 0 Å². The number of aliphatic carboxylic acids is 1. The number of carboxylic acids is 1. The van der Waals surface area contributed by atoms with Gasteiger partial charge in [-0.05, 0) is 111 Å². The molecule has 53 heavy (non-hydrogen) atoms. The van der Waals surface area contributed by atoms with Crippen molar-refractivity contribution in [3.05, 3.63) is 11.6 Å². The predicted molar refractivity (Wildman–Crippen MR) is 188 cm³/mol. The molecule has 0 aromatic carbocycles. The Kier molecular flexibility index (Phi) is 12.4. The van der Waals surface area contributed by atoms with Gasteiger partial charge in [-0.2, -0.15) is 0 Å². The Labute approximate surface area is 312 Å². The van der Waals surface area contributed by atoms with E-state index in [4.69, 9.17) is 18.9 Å². The van der Waals surface area contributed by atoms with Gasteiger partial charge in [-0.3, -0.25) is 0 Å². The monoisotopic (exact) mass is 756 g/mol. The minimum atomic E-state index is -1.88. The van der Waals surface area contributed by atoms with E-state index in [2.05, 4.69) is 26.8 Å². The molecule has 3 saturated carbocycles. The highest BCUT2D eigenvalue weighted by atomic mass is 16.8. The highest BCUT2D eigenvalue weighted by molar-refractivity contribution is 5.73. The molecule has 9 N–H and O–H groups in total. The SMILES string of the molecule is C[C@@H](CO)CC[C@@H](O)[C@@H](C)[C@H]1[C@@H](O)C[C@H]2[C@@H]3CC=C4C[C@@H](O[C@@H]5O[C@H](C(=O)O)[C@@H](O)[C@H](O)[C@H]5O[C@@H]5O[C@@H](C)[C@H](O)[C@@H](O)[C@H]5O)CC[C@]4(C)[C@H]3CC[C@]12C. The minimum absolute atomic E-state index is 0.0129. The smallest absolute Gasteiger partial charge is 0.335 e. The molecule has 14 nitrogen and oxygen atoms in total. The van der Waals surface area contributed by atoms with E-state index in [0.29, 0.717) is 43.4 Å². The van der Waals surface area contributed by atoms with E-state index in [0.717, 1.165) is 32.1 Å². The number of hydrogen-bond acceptors (Lipinski definition) is 13. The number of carboxylic acid groups (broad SMARTS) is 1. The third-order valence-electron chi connectivity index (χ3n) is 14.8. The molecular formula is C39H64O14. The Balaban J connectivity index is 1.16. The molecule has 0 radical (unpaired) electrons. The fraction of sp³-hybridized carbons (Fsp3) is 0.923. The Morgan fingerprint density at radius 2 is 1.62 bits per heavy atom. The van der Waals surface area contributed by atoms with Crippen molar-refractivity contribution < 1.29 is 69.7 Å². The number of carbonyl (C=O) groups is 1. The number of aliphatic hydroxyl groups excluding tert-OH is 8. The fourth-order valence-electron chi connectivity index (χ4n) is 11.6. The number of allylic oxidation sites excluding steroid dienone is 1. The zero-order valence-electron chi connectivity index (χ0n) is 31.7. The maximum atomic E-state index is 12.0. The first-order valence-corrected chi connectivity index (χ1v) is 19.8. The van der Waals surface area contributed by atoms with Gasteiger partial charge in [0.25, 0.3) is 0 Å². The molecule has 14 heteroatoms. The number of rotatable bonds is 11. The summed E-state index contributed by atoms with van der Waals surface area (Å²) in [6.45, 7) is 10.3. The maximum Gasteiger partial charge on any atom is 0.335 e. The Morgan fingerprint density at radius 1 is 0.906 bits per heavy atom. The van der Waals surface area contributed by atoms with Crippen LogP contribution in [0.4, 0.5) is 0 Å². The molecule has 0 unspecified atom stereocenters. The van der Waals surface area contributed by atoms with Gasteiger partial charge in [0, 0.05) is 6.61 Å². The van der Waals surface area contributed by atoms with Crippen molar-refractivity contribution in [3.63, 3.8) is 0 Å². The molecule has 6 rings (SSSR count). The first kappa shape index (κ1) is 41.4. The van der Waals surface area contributed by atoms with Crippen molar-refractivity contribution in [1.29, 1.82) is 0 Å². The van der Waals surface area contributed by atoms with Crippen LogP contribution < -0.4 is 0 Å². The minimum Gasteiger partial charge on any atom is -0.479 e. The van der Waals surface area contributed by atoms with Crippen molar-refractivity contribution in [2.45, 2.75) is 172 Å². The summed E-state index contributed by atoms with van der Waals surface area (Å²) in [6.07, 6.45) is -8.01. The van der Waals surface area contributed by atoms with Crippen molar-refractivity contribution in [3.8, 4) is 0 Å². The average molecular weight is 757 g/mol. The van der Waals surface area contributed by atoms with Crippen LogP contribution >= 0.6 is 0 Å². The summed E-state index contributed by atoms with van der Waals surface area (Å²) in [7, 11) is 0. The fourth-order valence-corrected chi connectivity index (χ4v) is 11.6. The van der Waals surface area contributed by atoms with Crippen molar-refractivity contribution in [2.24, 2.45) is 46.3 Å². The molecule has 0 aromatic rings. The lowest BCUT2D eigenvalue weighted by atomic mass is 9.47. The number of fused-ring (bicyclic) bond motifs is 5. The molecule has 2 saturated heterocycles. The first-order valence-electron chi connectivity index (χ1n) is 19.8. The van der Waals surface area contributed by atoms with E-state index in [1.807, 2.05) is 6.92 Å².